The molecule has 1 saturated heterocycles. The van der Waals surface area contributed by atoms with Crippen molar-refractivity contribution < 1.29 is 14.7 Å². The monoisotopic (exact) mass is 361 g/mol. The largest absolute Gasteiger partial charge is 0.481 e. The minimum atomic E-state index is -0.790. The Morgan fingerprint density at radius 1 is 1.40 bits per heavy atom. The number of halogens is 1. The second-order valence-electron chi connectivity index (χ2n) is 6.36. The molecule has 0 saturated carbocycles. The minimum absolute atomic E-state index is 0.0799. The Hall–Kier alpha value is -2.34. The molecule has 1 atom stereocenters. The molecule has 1 amide bonds. The van der Waals surface area contributed by atoms with E-state index in [1.54, 1.807) is 23.2 Å². The Labute approximate surface area is 150 Å². The van der Waals surface area contributed by atoms with Gasteiger partial charge in [0.15, 0.2) is 0 Å². The predicted octanol–water partition coefficient (Wildman–Crippen LogP) is 3.45. The van der Waals surface area contributed by atoms with Gasteiger partial charge in [0.1, 0.15) is 0 Å². The van der Waals surface area contributed by atoms with E-state index in [4.69, 9.17) is 16.7 Å². The van der Waals surface area contributed by atoms with E-state index >= 15 is 0 Å². The van der Waals surface area contributed by atoms with Crippen molar-refractivity contribution in [2.75, 3.05) is 13.1 Å². The second-order valence-corrected chi connectivity index (χ2v) is 6.80. The number of carbonyl (C=O) groups is 2. The van der Waals surface area contributed by atoms with Gasteiger partial charge in [-0.3, -0.25) is 14.7 Å². The lowest BCUT2D eigenvalue weighted by Crippen LogP contribution is -2.40. The molecule has 1 aliphatic heterocycles. The van der Waals surface area contributed by atoms with Gasteiger partial charge >= 0.3 is 5.97 Å². The van der Waals surface area contributed by atoms with Crippen molar-refractivity contribution in [1.29, 1.82) is 0 Å². The molecule has 132 valence electrons. The number of H-pyrrole nitrogens is 1. The Bertz CT molecular complexity index is 774. The lowest BCUT2D eigenvalue weighted by molar-refractivity contribution is -0.137. The average molecular weight is 362 g/mol. The van der Waals surface area contributed by atoms with Gasteiger partial charge in [-0.1, -0.05) is 23.7 Å². The van der Waals surface area contributed by atoms with Crippen LogP contribution in [0.2, 0.25) is 5.02 Å². The van der Waals surface area contributed by atoms with Crippen LogP contribution >= 0.6 is 11.6 Å². The van der Waals surface area contributed by atoms with Gasteiger partial charge in [0.05, 0.1) is 17.5 Å². The molecule has 2 aromatic rings. The lowest BCUT2D eigenvalue weighted by atomic mass is 9.93. The number of benzene rings is 1. The van der Waals surface area contributed by atoms with Crippen molar-refractivity contribution in [2.45, 2.75) is 25.7 Å². The molecule has 2 heterocycles. The third-order valence-electron chi connectivity index (χ3n) is 4.56. The summed E-state index contributed by atoms with van der Waals surface area (Å²) < 4.78 is 0. The average Bonchev–Trinajstić information content (AvgIpc) is 3.09. The number of aliphatic carboxylic acids is 1. The molecule has 7 heteroatoms. The summed E-state index contributed by atoms with van der Waals surface area (Å²) in [5.41, 5.74) is 1.98. The van der Waals surface area contributed by atoms with Crippen LogP contribution in [0, 0.1) is 5.92 Å². The standard InChI is InChI=1S/C18H20ClN3O3/c19-14-5-1-4-13(9-14)17-15(10-20-21-17)18(25)22-8-2-3-12(11-22)6-7-16(23)24/h1,4-5,9-10,12H,2-3,6-8,11H2,(H,20,21)(H,23,24). The van der Waals surface area contributed by atoms with E-state index < -0.39 is 5.97 Å². The van der Waals surface area contributed by atoms with Crippen LogP contribution in [0.4, 0.5) is 0 Å². The first-order valence-electron chi connectivity index (χ1n) is 8.35. The Balaban J connectivity index is 1.75. The van der Waals surface area contributed by atoms with E-state index in [1.807, 2.05) is 12.1 Å². The number of carboxylic acids is 1. The Morgan fingerprint density at radius 2 is 2.24 bits per heavy atom. The topological polar surface area (TPSA) is 86.3 Å². The number of nitrogens with zero attached hydrogens (tertiary/aromatic N) is 2. The highest BCUT2D eigenvalue weighted by Crippen LogP contribution is 2.27. The third-order valence-corrected chi connectivity index (χ3v) is 4.79. The van der Waals surface area contributed by atoms with Crippen LogP contribution < -0.4 is 0 Å². The molecule has 25 heavy (non-hydrogen) atoms. The predicted molar refractivity (Wildman–Crippen MR) is 94.5 cm³/mol. The van der Waals surface area contributed by atoms with Crippen LogP contribution in [-0.4, -0.2) is 45.2 Å². The van der Waals surface area contributed by atoms with Crippen LogP contribution in [0.1, 0.15) is 36.0 Å². The quantitative estimate of drug-likeness (QED) is 0.854. The van der Waals surface area contributed by atoms with Crippen LogP contribution in [0.25, 0.3) is 11.3 Å². The SMILES string of the molecule is O=C(O)CCC1CCCN(C(=O)c2cn[nH]c2-c2cccc(Cl)c2)C1. The summed E-state index contributed by atoms with van der Waals surface area (Å²) in [6.07, 6.45) is 4.14. The number of amides is 1. The molecule has 6 nitrogen and oxygen atoms in total. The number of nitrogens with one attached hydrogen (secondary N) is 1. The summed E-state index contributed by atoms with van der Waals surface area (Å²) in [5, 5.41) is 16.4. The number of likely N-dealkylation sites (tertiary alicyclic amines) is 1. The van der Waals surface area contributed by atoms with Crippen LogP contribution in [-0.2, 0) is 4.79 Å². The molecule has 3 rings (SSSR count). The maximum absolute atomic E-state index is 12.9. The fraction of sp³-hybridized carbons (Fsp3) is 0.389. The summed E-state index contributed by atoms with van der Waals surface area (Å²) >= 11 is 6.04. The minimum Gasteiger partial charge on any atom is -0.481 e. The zero-order valence-corrected chi connectivity index (χ0v) is 14.5. The molecule has 0 aliphatic carbocycles. The first kappa shape index (κ1) is 17.5. The number of rotatable bonds is 5. The van der Waals surface area contributed by atoms with Gasteiger partial charge in [-0.15, -0.1) is 0 Å². The van der Waals surface area contributed by atoms with Gasteiger partial charge in [-0.25, -0.2) is 0 Å². The number of carbonyl (C=O) groups excluding carboxylic acids is 1. The van der Waals surface area contributed by atoms with Gasteiger partial charge in [0.25, 0.3) is 5.91 Å². The second kappa shape index (κ2) is 7.70. The van der Waals surface area contributed by atoms with E-state index in [0.717, 1.165) is 18.4 Å². The van der Waals surface area contributed by atoms with Crippen molar-refractivity contribution in [3.63, 3.8) is 0 Å². The van der Waals surface area contributed by atoms with Gasteiger partial charge in [0, 0.05) is 30.1 Å². The number of hydrogen-bond donors (Lipinski definition) is 2. The zero-order chi connectivity index (χ0) is 17.8. The molecule has 2 N–H and O–H groups in total. The van der Waals surface area contributed by atoms with Crippen molar-refractivity contribution in [3.8, 4) is 11.3 Å². The highest BCUT2D eigenvalue weighted by Gasteiger charge is 2.27. The van der Waals surface area contributed by atoms with Crippen LogP contribution in [0.5, 0.6) is 0 Å². The smallest absolute Gasteiger partial charge is 0.303 e. The summed E-state index contributed by atoms with van der Waals surface area (Å²) in [6.45, 7) is 1.27. The van der Waals surface area contributed by atoms with Crippen LogP contribution in [0.3, 0.4) is 0 Å². The van der Waals surface area contributed by atoms with E-state index in [-0.39, 0.29) is 18.2 Å². The van der Waals surface area contributed by atoms with E-state index in [0.29, 0.717) is 35.8 Å². The molecule has 1 fully saturated rings. The van der Waals surface area contributed by atoms with Gasteiger partial charge in [-0.2, -0.15) is 5.10 Å². The summed E-state index contributed by atoms with van der Waals surface area (Å²) in [4.78, 5) is 25.5. The maximum Gasteiger partial charge on any atom is 0.303 e. The van der Waals surface area contributed by atoms with Crippen molar-refractivity contribution in [2.24, 2.45) is 5.92 Å². The fourth-order valence-electron chi connectivity index (χ4n) is 3.30. The number of aromatic nitrogens is 2. The van der Waals surface area contributed by atoms with E-state index in [2.05, 4.69) is 10.2 Å². The van der Waals surface area contributed by atoms with E-state index in [1.165, 1.54) is 0 Å². The normalized spacial score (nSPS) is 17.5. The summed E-state index contributed by atoms with van der Waals surface area (Å²) in [6, 6.07) is 7.27. The first-order valence-corrected chi connectivity index (χ1v) is 8.73. The summed E-state index contributed by atoms with van der Waals surface area (Å²) in [7, 11) is 0. The Kier molecular flexibility index (Phi) is 5.38. The molecule has 0 bridgehead atoms. The van der Waals surface area contributed by atoms with Crippen molar-refractivity contribution >= 4 is 23.5 Å². The molecule has 1 aliphatic rings. The fourth-order valence-corrected chi connectivity index (χ4v) is 3.49. The summed E-state index contributed by atoms with van der Waals surface area (Å²) in [5.74, 6) is -0.638. The molecular formula is C18H20ClN3O3. The molecule has 0 spiro atoms. The van der Waals surface area contributed by atoms with Crippen LogP contribution in [0.15, 0.2) is 30.5 Å². The van der Waals surface area contributed by atoms with Gasteiger partial charge < -0.3 is 10.0 Å². The molecular weight excluding hydrogens is 342 g/mol. The molecule has 1 unspecified atom stereocenters. The highest BCUT2D eigenvalue weighted by molar-refractivity contribution is 6.30. The van der Waals surface area contributed by atoms with Crippen molar-refractivity contribution in [3.05, 3.63) is 41.0 Å². The first-order chi connectivity index (χ1) is 12.0. The van der Waals surface area contributed by atoms with E-state index in [9.17, 15) is 9.59 Å². The van der Waals surface area contributed by atoms with Gasteiger partial charge in [-0.05, 0) is 37.3 Å². The maximum atomic E-state index is 12.9. The molecule has 1 aromatic heterocycles. The number of aromatic amines is 1. The zero-order valence-electron chi connectivity index (χ0n) is 13.7. The number of hydrogen-bond acceptors (Lipinski definition) is 3. The highest BCUT2D eigenvalue weighted by atomic mass is 35.5. The Morgan fingerprint density at radius 3 is 3.00 bits per heavy atom. The van der Waals surface area contributed by atoms with Crippen molar-refractivity contribution in [1.82, 2.24) is 15.1 Å². The third kappa shape index (κ3) is 4.20. The number of carboxylic acid groups (broad SMARTS) is 1. The van der Waals surface area contributed by atoms with Gasteiger partial charge in [0.2, 0.25) is 0 Å². The number of piperidine rings is 1. The molecule has 0 radical (unpaired) electrons. The molecule has 1 aromatic carbocycles. The lowest BCUT2D eigenvalue weighted by Gasteiger charge is -2.32.